The van der Waals surface area contributed by atoms with Crippen LogP contribution >= 0.6 is 23.1 Å². The Balaban J connectivity index is 1.59. The number of cyclic esters (lactones) is 1. The summed E-state index contributed by atoms with van der Waals surface area (Å²) in [5.74, 6) is -0.295. The third kappa shape index (κ3) is 3.17. The fourth-order valence-electron chi connectivity index (χ4n) is 2.35. The van der Waals surface area contributed by atoms with Crippen LogP contribution in [-0.2, 0) is 14.3 Å². The molecule has 1 aromatic heterocycles. The monoisotopic (exact) mass is 369 g/mol. The van der Waals surface area contributed by atoms with Crippen LogP contribution in [0.5, 0.6) is 0 Å². The molecule has 1 aromatic rings. The molecule has 0 aromatic carbocycles. The van der Waals surface area contributed by atoms with Crippen LogP contribution < -0.4 is 16.4 Å². The van der Waals surface area contributed by atoms with Crippen LogP contribution in [0.25, 0.3) is 0 Å². The molecule has 0 aliphatic carbocycles. The summed E-state index contributed by atoms with van der Waals surface area (Å²) in [7, 11) is 0. The Labute approximate surface area is 145 Å². The van der Waals surface area contributed by atoms with E-state index >= 15 is 0 Å². The summed E-state index contributed by atoms with van der Waals surface area (Å²) in [6.07, 6.45) is -0.216. The number of hydrogen-bond acceptors (Lipinski definition) is 10. The van der Waals surface area contributed by atoms with Gasteiger partial charge in [0.1, 0.15) is 17.5 Å². The second-order valence-corrected chi connectivity index (χ2v) is 7.20. The van der Waals surface area contributed by atoms with Gasteiger partial charge in [0, 0.05) is 23.3 Å². The Morgan fingerprint density at radius 1 is 1.67 bits per heavy atom. The minimum atomic E-state index is -0.577. The van der Waals surface area contributed by atoms with E-state index in [1.54, 1.807) is 11.8 Å². The van der Waals surface area contributed by atoms with Crippen molar-refractivity contribution in [1.29, 1.82) is 0 Å². The first-order valence-corrected chi connectivity index (χ1v) is 8.96. The Kier molecular flexibility index (Phi) is 4.62. The molecule has 0 fully saturated rings. The van der Waals surface area contributed by atoms with Crippen molar-refractivity contribution >= 4 is 45.8 Å². The molecule has 24 heavy (non-hydrogen) atoms. The van der Waals surface area contributed by atoms with Gasteiger partial charge in [-0.2, -0.15) is 0 Å². The van der Waals surface area contributed by atoms with Crippen LogP contribution in [-0.4, -0.2) is 51.6 Å². The normalized spacial score (nSPS) is 23.5. The molecular formula is C13H15N5O4S2. The molecule has 2 unspecified atom stereocenters. The van der Waals surface area contributed by atoms with Gasteiger partial charge in [-0.25, -0.2) is 9.78 Å². The Hall–Kier alpha value is -2.27. The van der Waals surface area contributed by atoms with Crippen LogP contribution in [0.3, 0.4) is 0 Å². The maximum atomic E-state index is 12.2. The molecule has 3 rings (SSSR count). The molecule has 2 aliphatic rings. The highest BCUT2D eigenvalue weighted by Gasteiger charge is 2.36. The van der Waals surface area contributed by atoms with Crippen LogP contribution in [0.15, 0.2) is 21.8 Å². The number of carbonyl (C=O) groups excluding carboxylic acids is 2. The van der Waals surface area contributed by atoms with E-state index in [0.717, 1.165) is 16.9 Å². The standard InChI is InChI=1S/C13H15N5O4S2/c1-5-6-3-23-8(17-9(6)12(20)22-5)2-15-11(19)10(18-21)7-4-24-13(14)16-7/h4-5,8,17,21H,2-3H2,1H3,(H2,14,16)(H,15,19). The van der Waals surface area contributed by atoms with Gasteiger partial charge >= 0.3 is 5.97 Å². The summed E-state index contributed by atoms with van der Waals surface area (Å²) in [5, 5.41) is 19.4. The minimum Gasteiger partial charge on any atom is -0.453 e. The van der Waals surface area contributed by atoms with Crippen molar-refractivity contribution in [2.24, 2.45) is 5.16 Å². The predicted octanol–water partition coefficient (Wildman–Crippen LogP) is -0.118. The molecule has 9 nitrogen and oxygen atoms in total. The number of anilines is 1. The zero-order valence-corrected chi connectivity index (χ0v) is 14.2. The first kappa shape index (κ1) is 16.6. The lowest BCUT2D eigenvalue weighted by Gasteiger charge is -2.24. The van der Waals surface area contributed by atoms with Crippen molar-refractivity contribution in [2.45, 2.75) is 18.4 Å². The second-order valence-electron chi connectivity index (χ2n) is 5.12. The van der Waals surface area contributed by atoms with Crippen molar-refractivity contribution < 1.29 is 19.5 Å². The van der Waals surface area contributed by atoms with E-state index in [2.05, 4.69) is 20.8 Å². The number of nitrogens with one attached hydrogen (secondary N) is 2. The maximum Gasteiger partial charge on any atom is 0.355 e. The van der Waals surface area contributed by atoms with Crippen LogP contribution in [0, 0.1) is 0 Å². The number of rotatable bonds is 4. The number of thiazole rings is 1. The number of aromatic nitrogens is 1. The van der Waals surface area contributed by atoms with Crippen LogP contribution in [0.1, 0.15) is 12.6 Å². The van der Waals surface area contributed by atoms with E-state index in [1.807, 2.05) is 6.92 Å². The Morgan fingerprint density at radius 2 is 2.46 bits per heavy atom. The van der Waals surface area contributed by atoms with Crippen LogP contribution in [0.2, 0.25) is 0 Å². The van der Waals surface area contributed by atoms with E-state index in [-0.39, 0.29) is 40.5 Å². The van der Waals surface area contributed by atoms with Crippen LogP contribution in [0.4, 0.5) is 5.13 Å². The van der Waals surface area contributed by atoms with Gasteiger partial charge in [0.05, 0.1) is 5.37 Å². The largest absolute Gasteiger partial charge is 0.453 e. The molecule has 3 heterocycles. The predicted molar refractivity (Wildman–Crippen MR) is 89.8 cm³/mol. The summed E-state index contributed by atoms with van der Waals surface area (Å²) in [5.41, 5.74) is 6.92. The van der Waals surface area contributed by atoms with Gasteiger partial charge < -0.3 is 26.3 Å². The maximum absolute atomic E-state index is 12.2. The number of carbonyl (C=O) groups is 2. The number of ether oxygens (including phenoxy) is 1. The van der Waals surface area contributed by atoms with Gasteiger partial charge in [-0.3, -0.25) is 4.79 Å². The first-order chi connectivity index (χ1) is 11.5. The van der Waals surface area contributed by atoms with Crippen molar-refractivity contribution in [3.05, 3.63) is 22.3 Å². The summed E-state index contributed by atoms with van der Waals surface area (Å²) in [4.78, 5) is 27.8. The average molecular weight is 369 g/mol. The molecule has 0 saturated carbocycles. The topological polar surface area (TPSA) is 139 Å². The fourth-order valence-corrected chi connectivity index (χ4v) is 4.06. The van der Waals surface area contributed by atoms with E-state index in [9.17, 15) is 9.59 Å². The van der Waals surface area contributed by atoms with Crippen molar-refractivity contribution in [2.75, 3.05) is 18.0 Å². The van der Waals surface area contributed by atoms with Gasteiger partial charge in [-0.1, -0.05) is 5.16 Å². The third-order valence-corrected chi connectivity index (χ3v) is 5.41. The van der Waals surface area contributed by atoms with E-state index in [4.69, 9.17) is 15.7 Å². The number of thioether (sulfide) groups is 1. The molecule has 0 bridgehead atoms. The highest BCUT2D eigenvalue weighted by Crippen LogP contribution is 2.30. The van der Waals surface area contributed by atoms with Gasteiger partial charge in [0.25, 0.3) is 5.91 Å². The third-order valence-electron chi connectivity index (χ3n) is 3.57. The quantitative estimate of drug-likeness (QED) is 0.249. The summed E-state index contributed by atoms with van der Waals surface area (Å²) < 4.78 is 5.15. The van der Waals surface area contributed by atoms with Crippen molar-refractivity contribution in [3.63, 3.8) is 0 Å². The first-order valence-electron chi connectivity index (χ1n) is 7.03. The molecule has 0 spiro atoms. The molecule has 5 N–H and O–H groups in total. The SMILES string of the molecule is CC1OC(=O)C2=C1CSC(CNC(=O)C(=NO)c1csc(N)n1)N2. The number of nitrogen functional groups attached to an aromatic ring is 1. The van der Waals surface area contributed by atoms with Gasteiger partial charge in [0.15, 0.2) is 10.8 Å². The summed E-state index contributed by atoms with van der Waals surface area (Å²) in [6.45, 7) is 2.06. The van der Waals surface area contributed by atoms with Gasteiger partial charge in [-0.15, -0.1) is 23.1 Å². The molecule has 128 valence electrons. The molecule has 2 aliphatic heterocycles. The minimum absolute atomic E-state index is 0.189. The van der Waals surface area contributed by atoms with E-state index in [0.29, 0.717) is 11.4 Å². The summed E-state index contributed by atoms with van der Waals surface area (Å²) >= 11 is 2.70. The molecule has 0 radical (unpaired) electrons. The number of nitrogens with two attached hydrogens (primary N) is 1. The van der Waals surface area contributed by atoms with Gasteiger partial charge in [0.2, 0.25) is 0 Å². The molecule has 11 heteroatoms. The lowest BCUT2D eigenvalue weighted by molar-refractivity contribution is -0.139. The zero-order chi connectivity index (χ0) is 17.3. The number of esters is 1. The molecule has 2 atom stereocenters. The van der Waals surface area contributed by atoms with Crippen molar-refractivity contribution in [3.8, 4) is 0 Å². The fraction of sp³-hybridized carbons (Fsp3) is 0.385. The van der Waals surface area contributed by atoms with Crippen molar-refractivity contribution in [1.82, 2.24) is 15.6 Å². The molecular weight excluding hydrogens is 354 g/mol. The van der Waals surface area contributed by atoms with Gasteiger partial charge in [-0.05, 0) is 6.92 Å². The Morgan fingerprint density at radius 3 is 3.12 bits per heavy atom. The lowest BCUT2D eigenvalue weighted by Crippen LogP contribution is -2.44. The zero-order valence-electron chi connectivity index (χ0n) is 12.6. The number of nitrogens with zero attached hydrogens (tertiary/aromatic N) is 2. The van der Waals surface area contributed by atoms with E-state index < -0.39 is 5.91 Å². The molecule has 1 amide bonds. The summed E-state index contributed by atoms with van der Waals surface area (Å²) in [6, 6.07) is 0. The number of amides is 1. The lowest BCUT2D eigenvalue weighted by atomic mass is 10.1. The number of hydrogen-bond donors (Lipinski definition) is 4. The molecule has 0 saturated heterocycles. The highest BCUT2D eigenvalue weighted by atomic mass is 32.2. The Bertz CT molecular complexity index is 744. The highest BCUT2D eigenvalue weighted by molar-refractivity contribution is 8.00. The smallest absolute Gasteiger partial charge is 0.355 e. The van der Waals surface area contributed by atoms with E-state index in [1.165, 1.54) is 5.38 Å². The average Bonchev–Trinajstić information content (AvgIpc) is 3.10. The number of oxime groups is 1. The second kappa shape index (κ2) is 6.69.